The monoisotopic (exact) mass is 429 g/mol. The van der Waals surface area contributed by atoms with Crippen molar-refractivity contribution >= 4 is 23.2 Å². The molecule has 0 saturated carbocycles. The van der Waals surface area contributed by atoms with Crippen LogP contribution in [0, 0.1) is 0 Å². The molecule has 152 valence electrons. The fraction of sp³-hybridized carbons (Fsp3) is 0.250. The number of nitrogens with one attached hydrogen (secondary N) is 1. The van der Waals surface area contributed by atoms with Gasteiger partial charge in [0, 0.05) is 22.2 Å². The average Bonchev–Trinajstić information content (AvgIpc) is 2.73. The number of hydrogen-bond donors (Lipinski definition) is 1. The molecule has 3 rings (SSSR count). The Labute approximate surface area is 182 Å². The SMILES string of the molecule is CCOc1cccc(CNCCc2ccc(Cl)cc2)c1OCc1ccc(Cl)cc1. The van der Waals surface area contributed by atoms with Gasteiger partial charge in [0.05, 0.1) is 6.61 Å². The van der Waals surface area contributed by atoms with E-state index in [0.29, 0.717) is 24.8 Å². The minimum atomic E-state index is 0.457. The highest BCUT2D eigenvalue weighted by atomic mass is 35.5. The van der Waals surface area contributed by atoms with Crippen molar-refractivity contribution in [2.24, 2.45) is 0 Å². The molecule has 3 aromatic rings. The van der Waals surface area contributed by atoms with Crippen molar-refractivity contribution in [3.8, 4) is 11.5 Å². The van der Waals surface area contributed by atoms with Gasteiger partial charge in [-0.2, -0.15) is 0 Å². The van der Waals surface area contributed by atoms with E-state index < -0.39 is 0 Å². The maximum atomic E-state index is 6.15. The summed E-state index contributed by atoms with van der Waals surface area (Å²) >= 11 is 11.9. The predicted octanol–water partition coefficient (Wildman–Crippen LogP) is 6.30. The van der Waals surface area contributed by atoms with Crippen LogP contribution in [0.5, 0.6) is 11.5 Å². The second kappa shape index (κ2) is 11.1. The molecule has 0 unspecified atom stereocenters. The van der Waals surface area contributed by atoms with Crippen molar-refractivity contribution in [2.45, 2.75) is 26.5 Å². The summed E-state index contributed by atoms with van der Waals surface area (Å²) in [6.07, 6.45) is 0.934. The normalized spacial score (nSPS) is 10.7. The lowest BCUT2D eigenvalue weighted by atomic mass is 10.1. The van der Waals surface area contributed by atoms with Crippen LogP contribution in [0.4, 0.5) is 0 Å². The zero-order chi connectivity index (χ0) is 20.5. The van der Waals surface area contributed by atoms with E-state index in [9.17, 15) is 0 Å². The Morgan fingerprint density at radius 2 is 1.45 bits per heavy atom. The van der Waals surface area contributed by atoms with Gasteiger partial charge in [-0.1, -0.05) is 59.6 Å². The van der Waals surface area contributed by atoms with E-state index >= 15 is 0 Å². The third-order valence-corrected chi connectivity index (χ3v) is 4.98. The van der Waals surface area contributed by atoms with Crippen LogP contribution in [0.2, 0.25) is 10.0 Å². The molecule has 0 aliphatic rings. The molecule has 0 atom stereocenters. The van der Waals surface area contributed by atoms with Crippen LogP contribution < -0.4 is 14.8 Å². The number of halogens is 2. The third-order valence-electron chi connectivity index (χ3n) is 4.48. The molecule has 0 heterocycles. The summed E-state index contributed by atoms with van der Waals surface area (Å²) in [5, 5.41) is 4.97. The Hall–Kier alpha value is -2.20. The van der Waals surface area contributed by atoms with Crippen molar-refractivity contribution in [2.75, 3.05) is 13.2 Å². The predicted molar refractivity (Wildman–Crippen MR) is 120 cm³/mol. The summed E-state index contributed by atoms with van der Waals surface area (Å²) in [5.41, 5.74) is 3.38. The molecular weight excluding hydrogens is 405 g/mol. The highest BCUT2D eigenvalue weighted by Crippen LogP contribution is 2.32. The van der Waals surface area contributed by atoms with Crippen molar-refractivity contribution in [3.05, 3.63) is 93.5 Å². The molecular formula is C24H25Cl2NO2. The maximum Gasteiger partial charge on any atom is 0.166 e. The molecule has 0 saturated heterocycles. The lowest BCUT2D eigenvalue weighted by Crippen LogP contribution is -2.17. The zero-order valence-corrected chi connectivity index (χ0v) is 18.0. The Bertz CT molecular complexity index is 896. The van der Waals surface area contributed by atoms with Crippen LogP contribution in [0.15, 0.2) is 66.7 Å². The first-order chi connectivity index (χ1) is 14.2. The minimum absolute atomic E-state index is 0.457. The van der Waals surface area contributed by atoms with Gasteiger partial charge in [-0.3, -0.25) is 0 Å². The fourth-order valence-corrected chi connectivity index (χ4v) is 3.23. The van der Waals surface area contributed by atoms with E-state index in [2.05, 4.69) is 23.5 Å². The molecule has 0 spiro atoms. The molecule has 0 aliphatic heterocycles. The topological polar surface area (TPSA) is 30.5 Å². The minimum Gasteiger partial charge on any atom is -0.490 e. The van der Waals surface area contributed by atoms with E-state index in [1.807, 2.05) is 55.5 Å². The standard InChI is InChI=1S/C24H25Cl2NO2/c1-2-28-23-5-3-4-20(16-27-15-14-18-6-10-21(25)11-7-18)24(23)29-17-19-8-12-22(26)13-9-19/h3-13,27H,2,14-17H2,1H3. The number of para-hydroxylation sites is 1. The molecule has 1 N–H and O–H groups in total. The first-order valence-electron chi connectivity index (χ1n) is 9.73. The summed E-state index contributed by atoms with van der Waals surface area (Å²) in [4.78, 5) is 0. The highest BCUT2D eigenvalue weighted by molar-refractivity contribution is 6.30. The van der Waals surface area contributed by atoms with E-state index in [-0.39, 0.29) is 0 Å². The summed E-state index contributed by atoms with van der Waals surface area (Å²) in [5.74, 6) is 1.54. The highest BCUT2D eigenvalue weighted by Gasteiger charge is 2.11. The molecule has 0 aliphatic carbocycles. The molecule has 3 aromatic carbocycles. The van der Waals surface area contributed by atoms with E-state index in [1.54, 1.807) is 0 Å². The van der Waals surface area contributed by atoms with Crippen LogP contribution in [0.3, 0.4) is 0 Å². The number of hydrogen-bond acceptors (Lipinski definition) is 3. The maximum absolute atomic E-state index is 6.15. The molecule has 3 nitrogen and oxygen atoms in total. The van der Waals surface area contributed by atoms with Crippen LogP contribution in [-0.4, -0.2) is 13.2 Å². The summed E-state index contributed by atoms with van der Waals surface area (Å²) in [6.45, 7) is 4.57. The molecule has 29 heavy (non-hydrogen) atoms. The molecule has 0 fully saturated rings. The first kappa shape index (κ1) is 21.5. The van der Waals surface area contributed by atoms with Gasteiger partial charge in [0.1, 0.15) is 6.61 Å². The van der Waals surface area contributed by atoms with E-state index in [4.69, 9.17) is 32.7 Å². The average molecular weight is 430 g/mol. The van der Waals surface area contributed by atoms with Crippen LogP contribution in [0.1, 0.15) is 23.6 Å². The van der Waals surface area contributed by atoms with E-state index in [1.165, 1.54) is 5.56 Å². The summed E-state index contributed by atoms with van der Waals surface area (Å²) in [6, 6.07) is 21.6. The Morgan fingerprint density at radius 1 is 0.793 bits per heavy atom. The largest absolute Gasteiger partial charge is 0.490 e. The smallest absolute Gasteiger partial charge is 0.166 e. The fourth-order valence-electron chi connectivity index (χ4n) is 2.98. The molecule has 0 radical (unpaired) electrons. The molecule has 5 heteroatoms. The second-order valence-electron chi connectivity index (χ2n) is 6.65. The van der Waals surface area contributed by atoms with E-state index in [0.717, 1.165) is 40.6 Å². The second-order valence-corrected chi connectivity index (χ2v) is 7.52. The Morgan fingerprint density at radius 3 is 2.10 bits per heavy atom. The van der Waals surface area contributed by atoms with Crippen molar-refractivity contribution in [1.29, 1.82) is 0 Å². The lowest BCUT2D eigenvalue weighted by molar-refractivity contribution is 0.266. The zero-order valence-electron chi connectivity index (χ0n) is 16.5. The molecule has 0 aromatic heterocycles. The van der Waals surface area contributed by atoms with Gasteiger partial charge in [-0.05, 0) is 61.3 Å². The van der Waals surface area contributed by atoms with Gasteiger partial charge in [0.2, 0.25) is 0 Å². The van der Waals surface area contributed by atoms with Crippen molar-refractivity contribution in [1.82, 2.24) is 5.32 Å². The summed E-state index contributed by atoms with van der Waals surface area (Å²) < 4.78 is 11.9. The Kier molecular flexibility index (Phi) is 8.24. The van der Waals surface area contributed by atoms with Gasteiger partial charge < -0.3 is 14.8 Å². The van der Waals surface area contributed by atoms with Gasteiger partial charge in [-0.25, -0.2) is 0 Å². The lowest BCUT2D eigenvalue weighted by Gasteiger charge is -2.16. The number of benzene rings is 3. The molecule has 0 bridgehead atoms. The van der Waals surface area contributed by atoms with Gasteiger partial charge in [0.25, 0.3) is 0 Å². The van der Waals surface area contributed by atoms with Crippen LogP contribution >= 0.6 is 23.2 Å². The third kappa shape index (κ3) is 6.67. The number of ether oxygens (including phenoxy) is 2. The van der Waals surface area contributed by atoms with Gasteiger partial charge >= 0.3 is 0 Å². The Balaban J connectivity index is 1.62. The molecule has 0 amide bonds. The summed E-state index contributed by atoms with van der Waals surface area (Å²) in [7, 11) is 0. The van der Waals surface area contributed by atoms with Crippen LogP contribution in [0.25, 0.3) is 0 Å². The van der Waals surface area contributed by atoms with Crippen molar-refractivity contribution < 1.29 is 9.47 Å². The quantitative estimate of drug-likeness (QED) is 0.383. The van der Waals surface area contributed by atoms with Crippen LogP contribution in [-0.2, 0) is 19.6 Å². The first-order valence-corrected chi connectivity index (χ1v) is 10.5. The van der Waals surface area contributed by atoms with Gasteiger partial charge in [0.15, 0.2) is 11.5 Å². The number of rotatable bonds is 10. The van der Waals surface area contributed by atoms with Crippen molar-refractivity contribution in [3.63, 3.8) is 0 Å². The van der Waals surface area contributed by atoms with Gasteiger partial charge in [-0.15, -0.1) is 0 Å².